The van der Waals surface area contributed by atoms with Crippen LogP contribution < -0.4 is 5.32 Å². The van der Waals surface area contributed by atoms with Gasteiger partial charge in [-0.3, -0.25) is 4.79 Å². The summed E-state index contributed by atoms with van der Waals surface area (Å²) in [7, 11) is 1.96. The number of likely N-dealkylation sites (tertiary alicyclic amines) is 1. The maximum absolute atomic E-state index is 13.0. The molecule has 0 aromatic heterocycles. The van der Waals surface area contributed by atoms with E-state index >= 15 is 0 Å². The van der Waals surface area contributed by atoms with Gasteiger partial charge in [0, 0.05) is 12.6 Å². The minimum Gasteiger partial charge on any atom is -0.338 e. The normalized spacial score (nSPS) is 45.0. The largest absolute Gasteiger partial charge is 0.338 e. The molecule has 124 valence electrons. The van der Waals surface area contributed by atoms with E-state index in [-0.39, 0.29) is 6.04 Å². The minimum atomic E-state index is 0.0749. The lowest BCUT2D eigenvalue weighted by atomic mass is 9.80. The molecule has 0 aromatic carbocycles. The topological polar surface area (TPSA) is 32.3 Å². The lowest BCUT2D eigenvalue weighted by Crippen LogP contribution is -2.50. The first kappa shape index (κ1) is 15.0. The van der Waals surface area contributed by atoms with Gasteiger partial charge in [0.2, 0.25) is 5.91 Å². The van der Waals surface area contributed by atoms with Gasteiger partial charge in [0.15, 0.2) is 0 Å². The van der Waals surface area contributed by atoms with E-state index in [4.69, 9.17) is 0 Å². The summed E-state index contributed by atoms with van der Waals surface area (Å²) in [5, 5.41) is 3.29. The lowest BCUT2D eigenvalue weighted by Gasteiger charge is -2.37. The SMILES string of the molecule is CNC1CCC2CCCC2N(CC2CC3CCC(C3)C2)C1=O. The molecule has 5 atom stereocenters. The van der Waals surface area contributed by atoms with Crippen molar-refractivity contribution in [3.63, 3.8) is 0 Å². The zero-order chi connectivity index (χ0) is 15.1. The van der Waals surface area contributed by atoms with Crippen LogP contribution in [0.3, 0.4) is 0 Å². The van der Waals surface area contributed by atoms with E-state index in [0.29, 0.717) is 11.9 Å². The van der Waals surface area contributed by atoms with Crippen LogP contribution in [0.25, 0.3) is 0 Å². The predicted octanol–water partition coefficient (Wildman–Crippen LogP) is 3.19. The van der Waals surface area contributed by atoms with Crippen molar-refractivity contribution in [1.29, 1.82) is 0 Å². The van der Waals surface area contributed by atoms with Crippen molar-refractivity contribution in [1.82, 2.24) is 10.2 Å². The van der Waals surface area contributed by atoms with E-state index in [2.05, 4.69) is 10.2 Å². The van der Waals surface area contributed by atoms with Crippen LogP contribution in [0.4, 0.5) is 0 Å². The van der Waals surface area contributed by atoms with Gasteiger partial charge >= 0.3 is 0 Å². The Morgan fingerprint density at radius 1 is 1.00 bits per heavy atom. The van der Waals surface area contributed by atoms with Gasteiger partial charge in [-0.25, -0.2) is 0 Å². The Morgan fingerprint density at radius 3 is 2.50 bits per heavy atom. The first-order chi connectivity index (χ1) is 10.7. The van der Waals surface area contributed by atoms with Crippen molar-refractivity contribution in [3.8, 4) is 0 Å². The van der Waals surface area contributed by atoms with E-state index < -0.39 is 0 Å². The number of amides is 1. The lowest BCUT2D eigenvalue weighted by molar-refractivity contribution is -0.136. The predicted molar refractivity (Wildman–Crippen MR) is 88.5 cm³/mol. The average Bonchev–Trinajstić information content (AvgIpc) is 3.09. The minimum absolute atomic E-state index is 0.0749. The Morgan fingerprint density at radius 2 is 1.77 bits per heavy atom. The number of hydrogen-bond acceptors (Lipinski definition) is 2. The summed E-state index contributed by atoms with van der Waals surface area (Å²) in [6.07, 6.45) is 13.4. The molecule has 1 saturated heterocycles. The van der Waals surface area contributed by atoms with E-state index in [0.717, 1.165) is 36.6 Å². The summed E-state index contributed by atoms with van der Waals surface area (Å²) < 4.78 is 0. The molecule has 1 heterocycles. The van der Waals surface area contributed by atoms with Gasteiger partial charge in [0.25, 0.3) is 0 Å². The van der Waals surface area contributed by atoms with Gasteiger partial charge in [-0.05, 0) is 75.7 Å². The highest BCUT2D eigenvalue weighted by Crippen LogP contribution is 2.46. The zero-order valence-electron chi connectivity index (χ0n) is 14.1. The number of nitrogens with one attached hydrogen (secondary N) is 1. The quantitative estimate of drug-likeness (QED) is 0.868. The van der Waals surface area contributed by atoms with E-state index in [1.165, 1.54) is 57.8 Å². The molecule has 22 heavy (non-hydrogen) atoms. The zero-order valence-corrected chi connectivity index (χ0v) is 14.1. The Labute approximate surface area is 135 Å². The molecule has 3 aliphatic carbocycles. The maximum atomic E-state index is 13.0. The van der Waals surface area contributed by atoms with Crippen LogP contribution in [0, 0.1) is 23.7 Å². The van der Waals surface area contributed by atoms with Crippen LogP contribution in [0.15, 0.2) is 0 Å². The van der Waals surface area contributed by atoms with Crippen molar-refractivity contribution in [2.24, 2.45) is 23.7 Å². The number of rotatable bonds is 3. The molecular weight excluding hydrogens is 272 g/mol. The van der Waals surface area contributed by atoms with Gasteiger partial charge in [0.05, 0.1) is 6.04 Å². The summed E-state index contributed by atoms with van der Waals surface area (Å²) in [5.74, 6) is 3.93. The number of likely N-dealkylation sites (N-methyl/N-ethyl adjacent to an activating group) is 1. The molecule has 0 spiro atoms. The third-order valence-corrected chi connectivity index (χ3v) is 7.21. The summed E-state index contributed by atoms with van der Waals surface area (Å²) in [6, 6.07) is 0.636. The third kappa shape index (κ3) is 2.70. The van der Waals surface area contributed by atoms with Gasteiger partial charge in [0.1, 0.15) is 0 Å². The first-order valence-electron chi connectivity index (χ1n) is 9.72. The van der Waals surface area contributed by atoms with Crippen molar-refractivity contribution >= 4 is 5.91 Å². The summed E-state index contributed by atoms with van der Waals surface area (Å²) in [4.78, 5) is 15.4. The van der Waals surface area contributed by atoms with Crippen LogP contribution in [0.2, 0.25) is 0 Å². The second-order valence-corrected chi connectivity index (χ2v) is 8.55. The van der Waals surface area contributed by atoms with Crippen LogP contribution in [-0.2, 0) is 4.79 Å². The van der Waals surface area contributed by atoms with Crippen molar-refractivity contribution in [2.75, 3.05) is 13.6 Å². The molecule has 3 nitrogen and oxygen atoms in total. The molecule has 4 fully saturated rings. The summed E-state index contributed by atoms with van der Waals surface area (Å²) >= 11 is 0. The molecule has 0 radical (unpaired) electrons. The van der Waals surface area contributed by atoms with Gasteiger partial charge < -0.3 is 10.2 Å². The highest BCUT2D eigenvalue weighted by Gasteiger charge is 2.42. The first-order valence-corrected chi connectivity index (χ1v) is 9.72. The molecule has 2 bridgehead atoms. The molecular formula is C19H32N2O. The Kier molecular flexibility index (Phi) is 4.19. The standard InChI is InChI=1S/C19H32N2O/c1-20-17-8-7-16-3-2-4-18(16)21(19(17)22)12-15-10-13-5-6-14(9-13)11-15/h13-18,20H,2-12H2,1H3. The molecule has 1 amide bonds. The van der Waals surface area contributed by atoms with Crippen molar-refractivity contribution < 1.29 is 4.79 Å². The van der Waals surface area contributed by atoms with E-state index in [1.807, 2.05) is 7.05 Å². The van der Waals surface area contributed by atoms with Gasteiger partial charge in [-0.1, -0.05) is 19.3 Å². The molecule has 4 aliphatic rings. The number of hydrogen-bond donors (Lipinski definition) is 1. The monoisotopic (exact) mass is 304 g/mol. The molecule has 3 heteroatoms. The second-order valence-electron chi connectivity index (χ2n) is 8.55. The molecule has 3 saturated carbocycles. The number of carbonyl (C=O) groups is 1. The molecule has 1 aliphatic heterocycles. The Balaban J connectivity index is 1.49. The van der Waals surface area contributed by atoms with Gasteiger partial charge in [-0.15, -0.1) is 0 Å². The van der Waals surface area contributed by atoms with Crippen LogP contribution >= 0.6 is 0 Å². The second kappa shape index (κ2) is 6.14. The van der Waals surface area contributed by atoms with Crippen LogP contribution in [-0.4, -0.2) is 36.5 Å². The molecule has 0 aromatic rings. The number of fused-ring (bicyclic) bond motifs is 3. The Bertz CT molecular complexity index is 412. The average molecular weight is 304 g/mol. The fourth-order valence-electron chi connectivity index (χ4n) is 6.20. The molecule has 5 unspecified atom stereocenters. The number of nitrogens with zero attached hydrogens (tertiary/aromatic N) is 1. The maximum Gasteiger partial charge on any atom is 0.239 e. The van der Waals surface area contributed by atoms with Gasteiger partial charge in [-0.2, -0.15) is 0 Å². The smallest absolute Gasteiger partial charge is 0.239 e. The fraction of sp³-hybridized carbons (Fsp3) is 0.947. The van der Waals surface area contributed by atoms with Crippen LogP contribution in [0.5, 0.6) is 0 Å². The van der Waals surface area contributed by atoms with Crippen molar-refractivity contribution in [3.05, 3.63) is 0 Å². The Hall–Kier alpha value is -0.570. The number of carbonyl (C=O) groups excluding carboxylic acids is 1. The highest BCUT2D eigenvalue weighted by molar-refractivity contribution is 5.82. The molecule has 4 rings (SSSR count). The van der Waals surface area contributed by atoms with Crippen molar-refractivity contribution in [2.45, 2.75) is 76.3 Å². The summed E-state index contributed by atoms with van der Waals surface area (Å²) in [5.41, 5.74) is 0. The fourth-order valence-corrected chi connectivity index (χ4v) is 6.20. The van der Waals surface area contributed by atoms with E-state index in [1.54, 1.807) is 0 Å². The highest BCUT2D eigenvalue weighted by atomic mass is 16.2. The van der Waals surface area contributed by atoms with E-state index in [9.17, 15) is 4.79 Å². The molecule has 1 N–H and O–H groups in total. The summed E-state index contributed by atoms with van der Waals surface area (Å²) in [6.45, 7) is 1.06. The third-order valence-electron chi connectivity index (χ3n) is 7.21. The van der Waals surface area contributed by atoms with Crippen LogP contribution in [0.1, 0.15) is 64.2 Å².